The molecule has 0 saturated heterocycles. The maximum atomic E-state index is 8.54. The fourth-order valence-corrected chi connectivity index (χ4v) is 1.50. The third-order valence-corrected chi connectivity index (χ3v) is 2.48. The van der Waals surface area contributed by atoms with Crippen molar-refractivity contribution < 1.29 is 0 Å². The molecule has 0 aromatic rings. The summed E-state index contributed by atoms with van der Waals surface area (Å²) in [6.45, 7) is 4.76. The zero-order valence-corrected chi connectivity index (χ0v) is 8.38. The summed E-state index contributed by atoms with van der Waals surface area (Å²) in [6.07, 6.45) is 3.64. The van der Waals surface area contributed by atoms with Gasteiger partial charge in [0.25, 0.3) is 0 Å². The third kappa shape index (κ3) is 3.06. The monoisotopic (exact) mass is 179 g/mol. The second kappa shape index (κ2) is 4.86. The molecule has 1 aliphatic carbocycles. The number of hydrogen-bond donors (Lipinski definition) is 1. The van der Waals surface area contributed by atoms with E-state index in [1.807, 2.05) is 6.92 Å². The Bertz CT molecular complexity index is 227. The standard InChI is InChI=1S/C10H17N3/c1-8(6-11)7-12-13-10-5-3-4-9(10)2/h8-9,12H,3-5,7H2,1-2H3/b13-10+. The molecule has 3 heteroatoms. The van der Waals surface area contributed by atoms with E-state index < -0.39 is 0 Å². The Morgan fingerprint density at radius 1 is 1.77 bits per heavy atom. The number of rotatable bonds is 3. The van der Waals surface area contributed by atoms with Crippen molar-refractivity contribution in [1.29, 1.82) is 5.26 Å². The quantitative estimate of drug-likeness (QED) is 0.673. The molecule has 2 atom stereocenters. The molecule has 1 fully saturated rings. The minimum Gasteiger partial charge on any atom is -0.309 e. The van der Waals surface area contributed by atoms with E-state index in [9.17, 15) is 0 Å². The SMILES string of the molecule is CC(C#N)CN/N=C1\CCCC1C. The van der Waals surface area contributed by atoms with E-state index in [1.54, 1.807) is 0 Å². The summed E-state index contributed by atoms with van der Waals surface area (Å²) in [6, 6.07) is 2.17. The number of nitrogens with one attached hydrogen (secondary N) is 1. The summed E-state index contributed by atoms with van der Waals surface area (Å²) in [4.78, 5) is 0. The van der Waals surface area contributed by atoms with Crippen LogP contribution >= 0.6 is 0 Å². The molecular formula is C10H17N3. The molecule has 72 valence electrons. The first-order chi connectivity index (χ1) is 6.24. The van der Waals surface area contributed by atoms with Crippen LogP contribution in [0.25, 0.3) is 0 Å². The zero-order valence-electron chi connectivity index (χ0n) is 8.38. The first-order valence-electron chi connectivity index (χ1n) is 4.93. The Kier molecular flexibility index (Phi) is 3.75. The largest absolute Gasteiger partial charge is 0.309 e. The van der Waals surface area contributed by atoms with Crippen molar-refractivity contribution in [2.45, 2.75) is 33.1 Å². The van der Waals surface area contributed by atoms with Crippen LogP contribution in [0.4, 0.5) is 0 Å². The molecule has 3 nitrogen and oxygen atoms in total. The van der Waals surface area contributed by atoms with Gasteiger partial charge in [0.15, 0.2) is 0 Å². The highest BCUT2D eigenvalue weighted by Crippen LogP contribution is 2.21. The fourth-order valence-electron chi connectivity index (χ4n) is 1.50. The van der Waals surface area contributed by atoms with Crippen molar-refractivity contribution in [3.63, 3.8) is 0 Å². The van der Waals surface area contributed by atoms with Gasteiger partial charge in [-0.05, 0) is 32.1 Å². The normalized spacial score (nSPS) is 27.2. The molecule has 1 saturated carbocycles. The zero-order chi connectivity index (χ0) is 9.68. The van der Waals surface area contributed by atoms with Crippen LogP contribution in [0.5, 0.6) is 0 Å². The van der Waals surface area contributed by atoms with E-state index in [-0.39, 0.29) is 5.92 Å². The molecule has 0 aliphatic heterocycles. The van der Waals surface area contributed by atoms with Crippen LogP contribution in [0.2, 0.25) is 0 Å². The minimum atomic E-state index is 0.0426. The van der Waals surface area contributed by atoms with Crippen molar-refractivity contribution in [2.75, 3.05) is 6.54 Å². The molecule has 1 rings (SSSR count). The Hall–Kier alpha value is -1.04. The van der Waals surface area contributed by atoms with Crippen molar-refractivity contribution >= 4 is 5.71 Å². The number of hydrazone groups is 1. The van der Waals surface area contributed by atoms with Crippen molar-refractivity contribution in [3.05, 3.63) is 0 Å². The Morgan fingerprint density at radius 3 is 3.08 bits per heavy atom. The summed E-state index contributed by atoms with van der Waals surface area (Å²) in [5, 5.41) is 12.8. The second-order valence-electron chi connectivity index (χ2n) is 3.79. The molecule has 0 amide bonds. The molecule has 2 unspecified atom stereocenters. The second-order valence-corrected chi connectivity index (χ2v) is 3.79. The van der Waals surface area contributed by atoms with E-state index in [1.165, 1.54) is 18.6 Å². The van der Waals surface area contributed by atoms with Gasteiger partial charge in [-0.1, -0.05) is 6.92 Å². The molecule has 1 N–H and O–H groups in total. The first-order valence-corrected chi connectivity index (χ1v) is 4.93. The lowest BCUT2D eigenvalue weighted by atomic mass is 10.1. The van der Waals surface area contributed by atoms with Gasteiger partial charge >= 0.3 is 0 Å². The van der Waals surface area contributed by atoms with Crippen LogP contribution in [0.1, 0.15) is 33.1 Å². The average Bonchev–Trinajstić information content (AvgIpc) is 2.52. The molecule has 13 heavy (non-hydrogen) atoms. The molecule has 0 heterocycles. The summed E-state index contributed by atoms with van der Waals surface area (Å²) in [5.41, 5.74) is 4.24. The van der Waals surface area contributed by atoms with Gasteiger partial charge in [0, 0.05) is 12.3 Å². The lowest BCUT2D eigenvalue weighted by molar-refractivity contribution is 0.621. The highest BCUT2D eigenvalue weighted by atomic mass is 15.3. The van der Waals surface area contributed by atoms with Gasteiger partial charge in [0.05, 0.1) is 12.0 Å². The van der Waals surface area contributed by atoms with Crippen LogP contribution in [0.3, 0.4) is 0 Å². The van der Waals surface area contributed by atoms with Gasteiger partial charge in [-0.25, -0.2) is 0 Å². The van der Waals surface area contributed by atoms with Crippen molar-refractivity contribution in [3.8, 4) is 6.07 Å². The predicted octanol–water partition coefficient (Wildman–Crippen LogP) is 1.91. The van der Waals surface area contributed by atoms with Crippen LogP contribution in [0, 0.1) is 23.2 Å². The van der Waals surface area contributed by atoms with E-state index in [2.05, 4.69) is 23.5 Å². The maximum absolute atomic E-state index is 8.54. The smallest absolute Gasteiger partial charge is 0.0672 e. The molecule has 0 spiro atoms. The van der Waals surface area contributed by atoms with E-state index in [0.29, 0.717) is 12.5 Å². The van der Waals surface area contributed by atoms with Gasteiger partial charge in [-0.2, -0.15) is 10.4 Å². The Morgan fingerprint density at radius 2 is 2.54 bits per heavy atom. The van der Waals surface area contributed by atoms with Gasteiger partial charge in [-0.15, -0.1) is 0 Å². The Balaban J connectivity index is 2.28. The molecule has 0 aromatic carbocycles. The van der Waals surface area contributed by atoms with Crippen molar-refractivity contribution in [1.82, 2.24) is 5.43 Å². The fraction of sp³-hybridized carbons (Fsp3) is 0.800. The van der Waals surface area contributed by atoms with Gasteiger partial charge in [-0.3, -0.25) is 0 Å². The van der Waals surface area contributed by atoms with E-state index in [4.69, 9.17) is 5.26 Å². The van der Waals surface area contributed by atoms with Crippen LogP contribution < -0.4 is 5.43 Å². The average molecular weight is 179 g/mol. The lowest BCUT2D eigenvalue weighted by Crippen LogP contribution is -2.17. The number of nitrogens with zero attached hydrogens (tertiary/aromatic N) is 2. The maximum Gasteiger partial charge on any atom is 0.0672 e. The summed E-state index contributed by atoms with van der Waals surface area (Å²) in [5.74, 6) is 0.672. The molecule has 0 aromatic heterocycles. The van der Waals surface area contributed by atoms with E-state index in [0.717, 1.165) is 6.42 Å². The van der Waals surface area contributed by atoms with Gasteiger partial charge < -0.3 is 5.43 Å². The molecule has 0 bridgehead atoms. The van der Waals surface area contributed by atoms with E-state index >= 15 is 0 Å². The minimum absolute atomic E-state index is 0.0426. The number of nitriles is 1. The molecular weight excluding hydrogens is 162 g/mol. The Labute approximate surface area is 79.8 Å². The lowest BCUT2D eigenvalue weighted by Gasteiger charge is -2.05. The van der Waals surface area contributed by atoms with Crippen LogP contribution in [-0.4, -0.2) is 12.3 Å². The van der Waals surface area contributed by atoms with Crippen molar-refractivity contribution in [2.24, 2.45) is 16.9 Å². The molecule has 1 aliphatic rings. The highest BCUT2D eigenvalue weighted by Gasteiger charge is 2.17. The molecule has 0 radical (unpaired) electrons. The number of hydrogen-bond acceptors (Lipinski definition) is 3. The predicted molar refractivity (Wildman–Crippen MR) is 53.2 cm³/mol. The van der Waals surface area contributed by atoms with Gasteiger partial charge in [0.1, 0.15) is 0 Å². The summed E-state index contributed by atoms with van der Waals surface area (Å²) in [7, 11) is 0. The topological polar surface area (TPSA) is 48.2 Å². The summed E-state index contributed by atoms with van der Waals surface area (Å²) >= 11 is 0. The highest BCUT2D eigenvalue weighted by molar-refractivity contribution is 5.87. The van der Waals surface area contributed by atoms with Crippen LogP contribution in [0.15, 0.2) is 5.10 Å². The van der Waals surface area contributed by atoms with Crippen LogP contribution in [-0.2, 0) is 0 Å². The van der Waals surface area contributed by atoms with Gasteiger partial charge in [0.2, 0.25) is 0 Å². The third-order valence-electron chi connectivity index (χ3n) is 2.48. The summed E-state index contributed by atoms with van der Waals surface area (Å²) < 4.78 is 0. The first kappa shape index (κ1) is 10.0.